The number of aromatic nitrogens is 4. The fourth-order valence-corrected chi connectivity index (χ4v) is 4.23. The zero-order valence-corrected chi connectivity index (χ0v) is 19.9. The molecule has 3 heterocycles. The molecule has 4 rings (SSSR count). The van der Waals surface area contributed by atoms with Crippen molar-refractivity contribution in [2.24, 2.45) is 7.05 Å². The summed E-state index contributed by atoms with van der Waals surface area (Å²) in [5.74, 6) is -0.269. The average molecular weight is 465 g/mol. The van der Waals surface area contributed by atoms with Gasteiger partial charge in [0.05, 0.1) is 28.3 Å². The van der Waals surface area contributed by atoms with E-state index in [0.29, 0.717) is 27.4 Å². The third kappa shape index (κ3) is 3.76. The van der Waals surface area contributed by atoms with Gasteiger partial charge in [0.15, 0.2) is 11.3 Å². The van der Waals surface area contributed by atoms with Gasteiger partial charge in [-0.25, -0.2) is 9.97 Å². The number of hydrogen-bond donors (Lipinski definition) is 1. The van der Waals surface area contributed by atoms with E-state index in [9.17, 15) is 9.59 Å². The minimum absolute atomic E-state index is 0.192. The fraction of sp³-hybridized carbons (Fsp3) is 0.250. The molecule has 1 N–H and O–H groups in total. The molecule has 0 spiro atoms. The molecule has 0 saturated heterocycles. The van der Waals surface area contributed by atoms with Gasteiger partial charge in [-0.05, 0) is 49.2 Å². The molecule has 1 atom stereocenters. The van der Waals surface area contributed by atoms with Crippen LogP contribution >= 0.6 is 11.6 Å². The van der Waals surface area contributed by atoms with E-state index in [2.05, 4.69) is 21.9 Å². The van der Waals surface area contributed by atoms with E-state index in [-0.39, 0.29) is 23.2 Å². The Kier molecular flexibility index (Phi) is 5.71. The molecule has 0 fully saturated rings. The molecule has 8 nitrogen and oxygen atoms in total. The second kappa shape index (κ2) is 8.37. The van der Waals surface area contributed by atoms with E-state index in [1.165, 1.54) is 9.47 Å². The number of nitrogens with zero attached hydrogens (tertiary/aromatic N) is 5. The molecule has 0 aliphatic rings. The Morgan fingerprint density at radius 3 is 2.70 bits per heavy atom. The summed E-state index contributed by atoms with van der Waals surface area (Å²) in [6, 6.07) is 7.24. The van der Waals surface area contributed by atoms with Gasteiger partial charge in [0, 0.05) is 21.1 Å². The van der Waals surface area contributed by atoms with Crippen LogP contribution in [0.25, 0.3) is 22.6 Å². The Balaban J connectivity index is 1.98. The SMILES string of the molecule is C=Cc1nc(Cl)ccc1NC(C)c1cc(C)cc2c(=O)n(C)c3c(C(=O)N(C)C)ncn3c12. The van der Waals surface area contributed by atoms with Crippen LogP contribution < -0.4 is 10.9 Å². The lowest BCUT2D eigenvalue weighted by Gasteiger charge is -2.21. The molecule has 1 amide bonds. The Morgan fingerprint density at radius 1 is 1.30 bits per heavy atom. The maximum Gasteiger partial charge on any atom is 0.275 e. The number of anilines is 1. The summed E-state index contributed by atoms with van der Waals surface area (Å²) in [6.45, 7) is 7.77. The molecule has 0 saturated carbocycles. The zero-order chi connectivity index (χ0) is 24.0. The van der Waals surface area contributed by atoms with Crippen LogP contribution in [-0.4, -0.2) is 43.8 Å². The minimum atomic E-state index is -0.269. The highest BCUT2D eigenvalue weighted by atomic mass is 35.5. The number of benzene rings is 1. The van der Waals surface area contributed by atoms with Crippen molar-refractivity contribution in [3.05, 3.63) is 75.2 Å². The summed E-state index contributed by atoms with van der Waals surface area (Å²) in [5.41, 5.74) is 4.42. The van der Waals surface area contributed by atoms with Crippen molar-refractivity contribution in [1.29, 1.82) is 0 Å². The van der Waals surface area contributed by atoms with Crippen molar-refractivity contribution in [2.75, 3.05) is 19.4 Å². The van der Waals surface area contributed by atoms with Gasteiger partial charge in [-0.15, -0.1) is 0 Å². The van der Waals surface area contributed by atoms with Gasteiger partial charge in [0.1, 0.15) is 11.5 Å². The summed E-state index contributed by atoms with van der Waals surface area (Å²) in [4.78, 5) is 36.2. The van der Waals surface area contributed by atoms with Crippen molar-refractivity contribution in [1.82, 2.24) is 23.8 Å². The quantitative estimate of drug-likeness (QED) is 0.450. The number of nitrogens with one attached hydrogen (secondary N) is 1. The maximum atomic E-state index is 13.3. The first kappa shape index (κ1) is 22.5. The number of carbonyl (C=O) groups is 1. The Morgan fingerprint density at radius 2 is 2.03 bits per heavy atom. The van der Waals surface area contributed by atoms with Crippen molar-refractivity contribution >= 4 is 45.8 Å². The number of carbonyl (C=O) groups excluding carboxylic acids is 1. The van der Waals surface area contributed by atoms with Crippen LogP contribution in [0.15, 0.2) is 42.0 Å². The summed E-state index contributed by atoms with van der Waals surface area (Å²) in [5, 5.41) is 4.39. The van der Waals surface area contributed by atoms with Crippen LogP contribution in [0.1, 0.15) is 40.3 Å². The Bertz CT molecular complexity index is 1480. The second-order valence-corrected chi connectivity index (χ2v) is 8.63. The smallest absolute Gasteiger partial charge is 0.275 e. The van der Waals surface area contributed by atoms with E-state index in [1.807, 2.05) is 36.4 Å². The number of rotatable bonds is 5. The first-order valence-corrected chi connectivity index (χ1v) is 10.8. The topological polar surface area (TPSA) is 84.5 Å². The monoisotopic (exact) mass is 464 g/mol. The van der Waals surface area contributed by atoms with Gasteiger partial charge in [-0.2, -0.15) is 0 Å². The van der Waals surface area contributed by atoms with Crippen LogP contribution in [0, 0.1) is 6.92 Å². The van der Waals surface area contributed by atoms with Crippen LogP contribution in [0.4, 0.5) is 5.69 Å². The molecule has 0 aliphatic heterocycles. The number of fused-ring (bicyclic) bond motifs is 3. The first-order valence-electron chi connectivity index (χ1n) is 10.4. The maximum absolute atomic E-state index is 13.3. The number of amides is 1. The minimum Gasteiger partial charge on any atom is -0.377 e. The van der Waals surface area contributed by atoms with Gasteiger partial charge >= 0.3 is 0 Å². The predicted octanol–water partition coefficient (Wildman–Crippen LogP) is 4.06. The summed E-state index contributed by atoms with van der Waals surface area (Å²) in [7, 11) is 4.97. The molecule has 33 heavy (non-hydrogen) atoms. The molecule has 170 valence electrons. The highest BCUT2D eigenvalue weighted by molar-refractivity contribution is 6.29. The molecule has 9 heteroatoms. The van der Waals surface area contributed by atoms with Crippen molar-refractivity contribution in [3.63, 3.8) is 0 Å². The standard InChI is InChI=1S/C24H25ClN6O2/c1-7-17-18(8-9-19(25)28-17)27-14(3)15-10-13(2)11-16-21(15)31-12-26-20(24(33)29(4)5)22(31)30(6)23(16)32/h7-12,14,27H,1H2,2-6H3. The Labute approximate surface area is 196 Å². The molecule has 3 aromatic heterocycles. The van der Waals surface area contributed by atoms with Gasteiger partial charge in [0.25, 0.3) is 11.5 Å². The van der Waals surface area contributed by atoms with Crippen LogP contribution in [-0.2, 0) is 7.05 Å². The lowest BCUT2D eigenvalue weighted by molar-refractivity contribution is 0.0824. The van der Waals surface area contributed by atoms with E-state index < -0.39 is 0 Å². The third-order valence-corrected chi connectivity index (χ3v) is 5.86. The van der Waals surface area contributed by atoms with Crippen LogP contribution in [0.5, 0.6) is 0 Å². The highest BCUT2D eigenvalue weighted by Gasteiger charge is 2.23. The molecular formula is C24H25ClN6O2. The summed E-state index contributed by atoms with van der Waals surface area (Å²) < 4.78 is 3.29. The van der Waals surface area contributed by atoms with E-state index >= 15 is 0 Å². The van der Waals surface area contributed by atoms with E-state index in [1.54, 1.807) is 39.6 Å². The molecule has 4 aromatic rings. The number of pyridine rings is 1. The van der Waals surface area contributed by atoms with E-state index in [0.717, 1.165) is 16.8 Å². The van der Waals surface area contributed by atoms with Gasteiger partial charge < -0.3 is 10.2 Å². The molecule has 1 aromatic carbocycles. The lowest BCUT2D eigenvalue weighted by Crippen LogP contribution is -2.26. The largest absolute Gasteiger partial charge is 0.377 e. The molecule has 0 aliphatic carbocycles. The normalized spacial score (nSPS) is 12.2. The summed E-state index contributed by atoms with van der Waals surface area (Å²) >= 11 is 6.03. The van der Waals surface area contributed by atoms with Gasteiger partial charge in [-0.3, -0.25) is 18.6 Å². The number of imidazole rings is 1. The van der Waals surface area contributed by atoms with E-state index in [4.69, 9.17) is 11.6 Å². The molecule has 1 unspecified atom stereocenters. The lowest BCUT2D eigenvalue weighted by atomic mass is 10.0. The summed E-state index contributed by atoms with van der Waals surface area (Å²) in [6.07, 6.45) is 3.23. The third-order valence-electron chi connectivity index (χ3n) is 5.65. The number of hydrogen-bond acceptors (Lipinski definition) is 5. The van der Waals surface area contributed by atoms with Gasteiger partial charge in [0.2, 0.25) is 0 Å². The van der Waals surface area contributed by atoms with Gasteiger partial charge in [-0.1, -0.05) is 24.2 Å². The molecule has 0 radical (unpaired) electrons. The average Bonchev–Trinajstić information content (AvgIpc) is 3.22. The van der Waals surface area contributed by atoms with Crippen LogP contribution in [0.3, 0.4) is 0 Å². The van der Waals surface area contributed by atoms with Crippen molar-refractivity contribution in [2.45, 2.75) is 19.9 Å². The van der Waals surface area contributed by atoms with Crippen molar-refractivity contribution < 1.29 is 4.79 Å². The van der Waals surface area contributed by atoms with Crippen LogP contribution in [0.2, 0.25) is 5.15 Å². The zero-order valence-electron chi connectivity index (χ0n) is 19.2. The van der Waals surface area contributed by atoms with Crippen molar-refractivity contribution in [3.8, 4) is 0 Å². The number of aryl methyl sites for hydroxylation is 2. The Hall–Kier alpha value is -3.65. The fourth-order valence-electron chi connectivity index (χ4n) is 4.07. The second-order valence-electron chi connectivity index (χ2n) is 8.24. The molecule has 0 bridgehead atoms. The highest BCUT2D eigenvalue weighted by Crippen LogP contribution is 2.30. The first-order chi connectivity index (χ1) is 15.6. The molecular weight excluding hydrogens is 440 g/mol. The number of halogens is 1. The predicted molar refractivity (Wildman–Crippen MR) is 132 cm³/mol.